The number of aromatic carboxylic acids is 1. The number of fused-ring (bicyclic) bond motifs is 1. The van der Waals surface area contributed by atoms with E-state index in [9.17, 15) is 9.90 Å². The summed E-state index contributed by atoms with van der Waals surface area (Å²) in [5.74, 6) is -0.844. The zero-order valence-electron chi connectivity index (χ0n) is 9.39. The van der Waals surface area contributed by atoms with E-state index in [0.29, 0.717) is 5.56 Å². The summed E-state index contributed by atoms with van der Waals surface area (Å²) in [6.45, 7) is 1.91. The molecule has 1 aliphatic rings. The first-order chi connectivity index (χ1) is 8.27. The molecule has 2 aromatic rings. The first kappa shape index (κ1) is 10.1. The van der Waals surface area contributed by atoms with Crippen molar-refractivity contribution in [1.82, 2.24) is 0 Å². The van der Waals surface area contributed by atoms with Crippen LogP contribution in [0.15, 0.2) is 36.4 Å². The van der Waals surface area contributed by atoms with E-state index in [1.165, 1.54) is 0 Å². The fourth-order valence-electron chi connectivity index (χ4n) is 2.31. The van der Waals surface area contributed by atoms with Gasteiger partial charge < -0.3 is 10.0 Å². The molecule has 0 aromatic heterocycles. The largest absolute Gasteiger partial charge is 0.478 e. The molecule has 3 heteroatoms. The van der Waals surface area contributed by atoms with Crippen molar-refractivity contribution in [3.05, 3.63) is 42.0 Å². The molecule has 0 spiro atoms. The third-order valence-electron chi connectivity index (χ3n) is 3.32. The van der Waals surface area contributed by atoms with E-state index in [4.69, 9.17) is 0 Å². The first-order valence-corrected chi connectivity index (χ1v) is 5.77. The minimum absolute atomic E-state index is 0.433. The number of carboxylic acid groups (broad SMARTS) is 1. The summed E-state index contributed by atoms with van der Waals surface area (Å²) in [5.41, 5.74) is 1.28. The van der Waals surface area contributed by atoms with Crippen molar-refractivity contribution in [1.29, 1.82) is 0 Å². The van der Waals surface area contributed by atoms with Crippen LogP contribution in [0, 0.1) is 0 Å². The summed E-state index contributed by atoms with van der Waals surface area (Å²) in [7, 11) is 0. The molecule has 0 unspecified atom stereocenters. The Bertz CT molecular complexity index is 588. The summed E-state index contributed by atoms with van der Waals surface area (Å²) >= 11 is 0. The van der Waals surface area contributed by atoms with Crippen molar-refractivity contribution < 1.29 is 9.90 Å². The van der Waals surface area contributed by atoms with Crippen LogP contribution in [0.1, 0.15) is 16.8 Å². The molecule has 0 aliphatic carbocycles. The Labute approximate surface area is 99.3 Å². The average Bonchev–Trinajstić information content (AvgIpc) is 2.26. The van der Waals surface area contributed by atoms with Crippen LogP contribution >= 0.6 is 0 Å². The van der Waals surface area contributed by atoms with E-state index in [2.05, 4.69) is 4.90 Å². The smallest absolute Gasteiger partial charge is 0.338 e. The number of benzene rings is 2. The molecule has 17 heavy (non-hydrogen) atoms. The lowest BCUT2D eigenvalue weighted by Crippen LogP contribution is -2.38. The number of hydrogen-bond donors (Lipinski definition) is 1. The molecular formula is C14H13NO2. The number of rotatable bonds is 2. The second-order valence-electron chi connectivity index (χ2n) is 4.33. The molecule has 1 heterocycles. The highest BCUT2D eigenvalue weighted by molar-refractivity contribution is 6.08. The molecule has 86 valence electrons. The second kappa shape index (κ2) is 3.77. The molecule has 1 saturated heterocycles. The third kappa shape index (κ3) is 1.55. The number of hydrogen-bond acceptors (Lipinski definition) is 2. The van der Waals surface area contributed by atoms with Crippen LogP contribution in [0.4, 0.5) is 5.69 Å². The molecule has 1 fully saturated rings. The van der Waals surface area contributed by atoms with Gasteiger partial charge in [0, 0.05) is 13.1 Å². The van der Waals surface area contributed by atoms with Crippen molar-refractivity contribution >= 4 is 22.4 Å². The molecule has 0 saturated carbocycles. The van der Waals surface area contributed by atoms with Crippen molar-refractivity contribution in [2.24, 2.45) is 0 Å². The van der Waals surface area contributed by atoms with Crippen molar-refractivity contribution in [3.8, 4) is 0 Å². The van der Waals surface area contributed by atoms with Crippen LogP contribution in [-0.4, -0.2) is 24.2 Å². The number of carboxylic acids is 1. The molecule has 0 bridgehead atoms. The lowest BCUT2D eigenvalue weighted by atomic mass is 10.0. The van der Waals surface area contributed by atoms with Crippen molar-refractivity contribution in [2.45, 2.75) is 6.42 Å². The first-order valence-electron chi connectivity index (χ1n) is 5.77. The molecule has 3 nitrogen and oxygen atoms in total. The number of nitrogens with zero attached hydrogens (tertiary/aromatic N) is 1. The van der Waals surface area contributed by atoms with Gasteiger partial charge in [0.15, 0.2) is 0 Å². The fraction of sp³-hybridized carbons (Fsp3) is 0.214. The van der Waals surface area contributed by atoms with E-state index in [0.717, 1.165) is 36.0 Å². The van der Waals surface area contributed by atoms with Crippen LogP contribution in [0.5, 0.6) is 0 Å². The highest BCUT2D eigenvalue weighted by Gasteiger charge is 2.22. The highest BCUT2D eigenvalue weighted by Crippen LogP contribution is 2.31. The second-order valence-corrected chi connectivity index (χ2v) is 4.33. The number of carbonyl (C=O) groups is 1. The maximum atomic E-state index is 11.5. The summed E-state index contributed by atoms with van der Waals surface area (Å²) in [5, 5.41) is 11.2. The molecule has 0 atom stereocenters. The Kier molecular flexibility index (Phi) is 2.25. The van der Waals surface area contributed by atoms with Crippen LogP contribution in [0.2, 0.25) is 0 Å². The highest BCUT2D eigenvalue weighted by atomic mass is 16.4. The SMILES string of the molecule is O=C(O)c1c(N2CCC2)ccc2ccccc12. The molecule has 0 amide bonds. The molecule has 1 aliphatic heterocycles. The van der Waals surface area contributed by atoms with Gasteiger partial charge in [0.05, 0.1) is 11.3 Å². The van der Waals surface area contributed by atoms with E-state index < -0.39 is 5.97 Å². The van der Waals surface area contributed by atoms with Gasteiger partial charge in [-0.3, -0.25) is 0 Å². The monoisotopic (exact) mass is 227 g/mol. The predicted octanol–water partition coefficient (Wildman–Crippen LogP) is 2.75. The average molecular weight is 227 g/mol. The maximum absolute atomic E-state index is 11.5. The molecule has 2 aromatic carbocycles. The topological polar surface area (TPSA) is 40.5 Å². The van der Waals surface area contributed by atoms with Crippen LogP contribution in [0.3, 0.4) is 0 Å². The van der Waals surface area contributed by atoms with E-state index >= 15 is 0 Å². The van der Waals surface area contributed by atoms with Crippen LogP contribution < -0.4 is 4.90 Å². The van der Waals surface area contributed by atoms with Gasteiger partial charge in [0.2, 0.25) is 0 Å². The zero-order chi connectivity index (χ0) is 11.8. The van der Waals surface area contributed by atoms with Gasteiger partial charge in [-0.1, -0.05) is 30.3 Å². The minimum Gasteiger partial charge on any atom is -0.478 e. The summed E-state index contributed by atoms with van der Waals surface area (Å²) < 4.78 is 0. The van der Waals surface area contributed by atoms with E-state index in [-0.39, 0.29) is 0 Å². The third-order valence-corrected chi connectivity index (χ3v) is 3.32. The maximum Gasteiger partial charge on any atom is 0.338 e. The standard InChI is InChI=1S/C14H13NO2/c16-14(17)13-11-5-2-1-4-10(11)6-7-12(13)15-8-3-9-15/h1-2,4-7H,3,8-9H2,(H,16,17). The number of anilines is 1. The fourth-order valence-corrected chi connectivity index (χ4v) is 2.31. The normalized spacial score (nSPS) is 14.7. The van der Waals surface area contributed by atoms with E-state index in [1.807, 2.05) is 36.4 Å². The Morgan fingerprint density at radius 1 is 1.12 bits per heavy atom. The van der Waals surface area contributed by atoms with Crippen molar-refractivity contribution in [2.75, 3.05) is 18.0 Å². The van der Waals surface area contributed by atoms with E-state index in [1.54, 1.807) is 0 Å². The van der Waals surface area contributed by atoms with Crippen LogP contribution in [0.25, 0.3) is 10.8 Å². The van der Waals surface area contributed by atoms with Gasteiger partial charge in [-0.2, -0.15) is 0 Å². The van der Waals surface area contributed by atoms with Gasteiger partial charge in [0.1, 0.15) is 0 Å². The van der Waals surface area contributed by atoms with Gasteiger partial charge in [-0.25, -0.2) is 4.79 Å². The van der Waals surface area contributed by atoms with Gasteiger partial charge >= 0.3 is 5.97 Å². The van der Waals surface area contributed by atoms with Gasteiger partial charge in [-0.05, 0) is 23.3 Å². The summed E-state index contributed by atoms with van der Waals surface area (Å²) in [6.07, 6.45) is 1.14. The molecule has 0 radical (unpaired) electrons. The van der Waals surface area contributed by atoms with Gasteiger partial charge in [0.25, 0.3) is 0 Å². The minimum atomic E-state index is -0.844. The lowest BCUT2D eigenvalue weighted by Gasteiger charge is -2.34. The Morgan fingerprint density at radius 3 is 2.53 bits per heavy atom. The predicted molar refractivity (Wildman–Crippen MR) is 67.7 cm³/mol. The molecule has 1 N–H and O–H groups in total. The zero-order valence-corrected chi connectivity index (χ0v) is 9.39. The summed E-state index contributed by atoms with van der Waals surface area (Å²) in [4.78, 5) is 13.6. The summed E-state index contributed by atoms with van der Waals surface area (Å²) in [6, 6.07) is 11.6. The van der Waals surface area contributed by atoms with Gasteiger partial charge in [-0.15, -0.1) is 0 Å². The van der Waals surface area contributed by atoms with Crippen LogP contribution in [-0.2, 0) is 0 Å². The molecule has 3 rings (SSSR count). The van der Waals surface area contributed by atoms with Crippen molar-refractivity contribution in [3.63, 3.8) is 0 Å². The Balaban J connectivity index is 2.28. The molecular weight excluding hydrogens is 214 g/mol. The lowest BCUT2D eigenvalue weighted by molar-refractivity contribution is 0.0699. The quantitative estimate of drug-likeness (QED) is 0.857. The Morgan fingerprint density at radius 2 is 1.88 bits per heavy atom. The Hall–Kier alpha value is -2.03.